The molecule has 4 nitrogen and oxygen atoms in total. The van der Waals surface area contributed by atoms with Crippen molar-refractivity contribution in [3.63, 3.8) is 0 Å². The lowest BCUT2D eigenvalue weighted by Gasteiger charge is -2.39. The van der Waals surface area contributed by atoms with Gasteiger partial charge in [0.05, 0.1) is 13.7 Å². The minimum absolute atomic E-state index is 0. The van der Waals surface area contributed by atoms with E-state index in [0.29, 0.717) is 19.6 Å². The molecule has 2 N–H and O–H groups in total. The molecule has 7 heteroatoms. The van der Waals surface area contributed by atoms with E-state index in [0.717, 1.165) is 23.4 Å². The average molecular weight is 420 g/mol. The topological polar surface area (TPSA) is 50.7 Å². The molecule has 0 unspecified atom stereocenters. The molecule has 1 saturated heterocycles. The van der Waals surface area contributed by atoms with Gasteiger partial charge in [0, 0.05) is 19.5 Å². The number of nitrogens with one attached hydrogen (secondary N) is 1. The van der Waals surface area contributed by atoms with Crippen LogP contribution < -0.4 is 47.3 Å². The summed E-state index contributed by atoms with van der Waals surface area (Å²) >= 11 is 0. The fraction of sp³-hybridized carbons (Fsp3) is 0.368. The van der Waals surface area contributed by atoms with Crippen molar-refractivity contribution < 1.29 is 51.8 Å². The standard InChI is InChI=1S/C19H23NO3.3ClH/c1-22-17-10-6-5-7-15(17)13-19(21,16-8-3-2-4-9-16)18-14-20-11-12-23-18;;;/h2-10,18,20-21H,11-14H2,1H3;3*1H/p-3/t18-,19+;;;/m0.../s1. The van der Waals surface area contributed by atoms with Gasteiger partial charge in [-0.05, 0) is 17.2 Å². The summed E-state index contributed by atoms with van der Waals surface area (Å²) in [5.74, 6) is 0.783. The molecule has 1 aliphatic rings. The van der Waals surface area contributed by atoms with E-state index in [9.17, 15) is 5.11 Å². The van der Waals surface area contributed by atoms with Crippen molar-refractivity contribution in [1.29, 1.82) is 0 Å². The quantitative estimate of drug-likeness (QED) is 0.506. The zero-order valence-corrected chi connectivity index (χ0v) is 16.8. The van der Waals surface area contributed by atoms with Crippen LogP contribution in [-0.2, 0) is 16.8 Å². The molecule has 1 heterocycles. The first-order valence-electron chi connectivity index (χ1n) is 7.96. The molecular formula is C19H23Cl3NO3-3. The lowest BCUT2D eigenvalue weighted by Crippen LogP contribution is -3.00. The zero-order valence-electron chi connectivity index (χ0n) is 14.5. The Hall–Kier alpha value is -1.01. The SMILES string of the molecule is COc1ccccc1C[C@@](O)(c1ccccc1)[C@@H]1CNCCO1.[Cl-].[Cl-].[Cl-]. The number of methoxy groups -OCH3 is 1. The number of para-hydroxylation sites is 1. The highest BCUT2D eigenvalue weighted by Gasteiger charge is 2.40. The van der Waals surface area contributed by atoms with E-state index in [1.807, 2.05) is 54.6 Å². The van der Waals surface area contributed by atoms with E-state index >= 15 is 0 Å². The molecule has 3 rings (SSSR count). The molecule has 1 aliphatic heterocycles. The molecule has 26 heavy (non-hydrogen) atoms. The smallest absolute Gasteiger partial charge is 0.122 e. The average Bonchev–Trinajstić information content (AvgIpc) is 2.63. The molecule has 0 bridgehead atoms. The predicted octanol–water partition coefficient (Wildman–Crippen LogP) is -6.87. The first-order valence-corrected chi connectivity index (χ1v) is 7.96. The van der Waals surface area contributed by atoms with Gasteiger partial charge in [-0.3, -0.25) is 0 Å². The Bertz CT molecular complexity index is 639. The van der Waals surface area contributed by atoms with Crippen molar-refractivity contribution >= 4 is 0 Å². The van der Waals surface area contributed by atoms with Crippen molar-refractivity contribution in [2.24, 2.45) is 0 Å². The van der Waals surface area contributed by atoms with Crippen molar-refractivity contribution in [1.82, 2.24) is 5.32 Å². The van der Waals surface area contributed by atoms with Crippen molar-refractivity contribution in [2.75, 3.05) is 26.8 Å². The maximum absolute atomic E-state index is 11.6. The minimum Gasteiger partial charge on any atom is -1.00 e. The summed E-state index contributed by atoms with van der Waals surface area (Å²) in [6.45, 7) is 2.04. The summed E-state index contributed by atoms with van der Waals surface area (Å²) in [6.07, 6.45) is 0.136. The number of halogens is 3. The monoisotopic (exact) mass is 418 g/mol. The molecule has 2 atom stereocenters. The largest absolute Gasteiger partial charge is 1.00 e. The second-order valence-electron chi connectivity index (χ2n) is 5.84. The fourth-order valence-corrected chi connectivity index (χ4v) is 3.14. The lowest BCUT2D eigenvalue weighted by molar-refractivity contribution is -0.124. The summed E-state index contributed by atoms with van der Waals surface area (Å²) in [7, 11) is 1.65. The first kappa shape index (κ1) is 25.0. The number of benzene rings is 2. The number of hydrogen-bond acceptors (Lipinski definition) is 4. The number of rotatable bonds is 5. The van der Waals surface area contributed by atoms with E-state index in [4.69, 9.17) is 9.47 Å². The Balaban J connectivity index is 0.00000208. The maximum atomic E-state index is 11.6. The normalized spacial score (nSPS) is 18.3. The van der Waals surface area contributed by atoms with Gasteiger partial charge >= 0.3 is 0 Å². The van der Waals surface area contributed by atoms with Crippen molar-refractivity contribution in [3.8, 4) is 5.75 Å². The number of morpholine rings is 1. The summed E-state index contributed by atoms with van der Waals surface area (Å²) in [5.41, 5.74) is 0.721. The predicted molar refractivity (Wildman–Crippen MR) is 89.6 cm³/mol. The Morgan fingerprint density at radius 1 is 1.08 bits per heavy atom. The third-order valence-corrected chi connectivity index (χ3v) is 4.39. The molecule has 2 aromatic rings. The molecule has 2 aromatic carbocycles. The van der Waals surface area contributed by atoms with E-state index in [1.165, 1.54) is 0 Å². The van der Waals surface area contributed by atoms with Crippen LogP contribution in [0, 0.1) is 0 Å². The molecular weight excluding hydrogens is 397 g/mol. The molecule has 1 fully saturated rings. The molecule has 0 spiro atoms. The first-order chi connectivity index (χ1) is 11.2. The van der Waals surface area contributed by atoms with Crippen LogP contribution >= 0.6 is 0 Å². The van der Waals surface area contributed by atoms with E-state index in [-0.39, 0.29) is 43.3 Å². The molecule has 0 aliphatic carbocycles. The van der Waals surface area contributed by atoms with Gasteiger partial charge < -0.3 is 57.1 Å². The second-order valence-corrected chi connectivity index (χ2v) is 5.84. The lowest BCUT2D eigenvalue weighted by atomic mass is 9.81. The fourth-order valence-electron chi connectivity index (χ4n) is 3.14. The zero-order chi connectivity index (χ0) is 16.1. The van der Waals surface area contributed by atoms with Gasteiger partial charge in [-0.15, -0.1) is 0 Å². The number of aliphatic hydroxyl groups is 1. The van der Waals surface area contributed by atoms with Gasteiger partial charge in [-0.2, -0.15) is 0 Å². The van der Waals surface area contributed by atoms with Crippen LogP contribution in [0.5, 0.6) is 5.75 Å². The summed E-state index contributed by atoms with van der Waals surface area (Å²) < 4.78 is 11.3. The van der Waals surface area contributed by atoms with E-state index in [1.54, 1.807) is 7.11 Å². The van der Waals surface area contributed by atoms with Crippen LogP contribution in [-0.4, -0.2) is 38.0 Å². The second kappa shape index (κ2) is 11.7. The van der Waals surface area contributed by atoms with Gasteiger partial charge in [0.15, 0.2) is 0 Å². The highest BCUT2D eigenvalue weighted by atomic mass is 35.5. The Labute approximate surface area is 173 Å². The molecule has 0 radical (unpaired) electrons. The Kier molecular flexibility index (Phi) is 11.2. The number of ether oxygens (including phenoxy) is 2. The summed E-state index contributed by atoms with van der Waals surface area (Å²) in [4.78, 5) is 0. The third kappa shape index (κ3) is 5.49. The molecule has 146 valence electrons. The van der Waals surface area contributed by atoms with Gasteiger partial charge in [0.2, 0.25) is 0 Å². The van der Waals surface area contributed by atoms with Gasteiger partial charge in [0.25, 0.3) is 0 Å². The highest BCUT2D eigenvalue weighted by Crippen LogP contribution is 2.34. The minimum atomic E-state index is -1.11. The molecule has 0 saturated carbocycles. The van der Waals surface area contributed by atoms with Crippen LogP contribution in [0.2, 0.25) is 0 Å². The van der Waals surface area contributed by atoms with Crippen LogP contribution in [0.1, 0.15) is 11.1 Å². The van der Waals surface area contributed by atoms with Crippen molar-refractivity contribution in [2.45, 2.75) is 18.1 Å². The Morgan fingerprint density at radius 2 is 1.73 bits per heavy atom. The van der Waals surface area contributed by atoms with Gasteiger partial charge in [-0.25, -0.2) is 0 Å². The van der Waals surface area contributed by atoms with E-state index in [2.05, 4.69) is 5.32 Å². The number of hydrogen-bond donors (Lipinski definition) is 2. The van der Waals surface area contributed by atoms with E-state index < -0.39 is 5.60 Å². The highest BCUT2D eigenvalue weighted by molar-refractivity contribution is 5.37. The van der Waals surface area contributed by atoms with Crippen LogP contribution in [0.4, 0.5) is 0 Å². The van der Waals surface area contributed by atoms with Crippen LogP contribution in [0.25, 0.3) is 0 Å². The summed E-state index contributed by atoms with van der Waals surface area (Å²) in [6, 6.07) is 17.5. The maximum Gasteiger partial charge on any atom is 0.122 e. The van der Waals surface area contributed by atoms with Crippen LogP contribution in [0.15, 0.2) is 54.6 Å². The molecule has 0 aromatic heterocycles. The van der Waals surface area contributed by atoms with Crippen molar-refractivity contribution in [3.05, 3.63) is 65.7 Å². The van der Waals surface area contributed by atoms with Gasteiger partial charge in [0.1, 0.15) is 17.5 Å². The molecule has 0 amide bonds. The third-order valence-electron chi connectivity index (χ3n) is 4.39. The van der Waals surface area contributed by atoms with Crippen LogP contribution in [0.3, 0.4) is 0 Å². The van der Waals surface area contributed by atoms with Gasteiger partial charge in [-0.1, -0.05) is 48.5 Å². The Morgan fingerprint density at radius 3 is 2.35 bits per heavy atom. The summed E-state index contributed by atoms with van der Waals surface area (Å²) in [5, 5.41) is 14.9.